The molecular weight excluding hydrogens is 287 g/mol. The van der Waals surface area contributed by atoms with E-state index < -0.39 is 11.6 Å². The van der Waals surface area contributed by atoms with E-state index in [2.05, 4.69) is 4.98 Å². The number of pyridine rings is 1. The molecule has 0 amide bonds. The monoisotopic (exact) mass is 291 g/mol. The third kappa shape index (κ3) is 1.39. The average molecular weight is 291 g/mol. The summed E-state index contributed by atoms with van der Waals surface area (Å²) in [5, 5.41) is 0.530. The largest absolute Gasteiger partial charge is 0.263 e. The topological polar surface area (TPSA) is 12.9 Å². The standard InChI is InChI=1S/C9H4F2IN/c10-6-1-2-7(11)9-5(6)3-13-4-8(9)12/h1-4H. The molecule has 1 aromatic carbocycles. The number of hydrogen-bond donors (Lipinski definition) is 0. The lowest BCUT2D eigenvalue weighted by atomic mass is 10.1. The van der Waals surface area contributed by atoms with Crippen LogP contribution in [0.1, 0.15) is 0 Å². The second-order valence-electron chi connectivity index (χ2n) is 2.57. The number of halogens is 3. The number of nitrogens with zero attached hydrogens (tertiary/aromatic N) is 1. The van der Waals surface area contributed by atoms with Gasteiger partial charge in [-0.25, -0.2) is 8.78 Å². The minimum absolute atomic E-state index is 0.229. The summed E-state index contributed by atoms with van der Waals surface area (Å²) in [6, 6.07) is 2.23. The number of rotatable bonds is 0. The summed E-state index contributed by atoms with van der Waals surface area (Å²) in [7, 11) is 0. The van der Waals surface area contributed by atoms with Crippen molar-refractivity contribution in [3.63, 3.8) is 0 Å². The number of benzene rings is 1. The van der Waals surface area contributed by atoms with Crippen molar-refractivity contribution in [3.8, 4) is 0 Å². The highest BCUT2D eigenvalue weighted by Crippen LogP contribution is 2.24. The molecule has 0 aliphatic rings. The Balaban J connectivity index is 3.00. The minimum Gasteiger partial charge on any atom is -0.263 e. The Morgan fingerprint density at radius 1 is 1.08 bits per heavy atom. The van der Waals surface area contributed by atoms with E-state index >= 15 is 0 Å². The maximum absolute atomic E-state index is 13.2. The Bertz CT molecular complexity index is 462. The zero-order valence-corrected chi connectivity index (χ0v) is 8.55. The van der Waals surface area contributed by atoms with Gasteiger partial charge in [0.25, 0.3) is 0 Å². The van der Waals surface area contributed by atoms with Gasteiger partial charge in [0.15, 0.2) is 0 Å². The fraction of sp³-hybridized carbons (Fsp3) is 0. The molecule has 0 saturated heterocycles. The van der Waals surface area contributed by atoms with Gasteiger partial charge in [0.05, 0.1) is 0 Å². The van der Waals surface area contributed by atoms with Crippen LogP contribution in [0.4, 0.5) is 8.78 Å². The molecule has 0 saturated carbocycles. The van der Waals surface area contributed by atoms with Crippen LogP contribution in [0.3, 0.4) is 0 Å². The van der Waals surface area contributed by atoms with Crippen molar-refractivity contribution in [2.45, 2.75) is 0 Å². The summed E-state index contributed by atoms with van der Waals surface area (Å²) in [5.74, 6) is -0.856. The first-order valence-electron chi connectivity index (χ1n) is 3.57. The molecule has 1 nitrogen and oxygen atoms in total. The molecule has 1 heterocycles. The molecule has 13 heavy (non-hydrogen) atoms. The predicted octanol–water partition coefficient (Wildman–Crippen LogP) is 3.12. The fourth-order valence-corrected chi connectivity index (χ4v) is 1.89. The van der Waals surface area contributed by atoms with E-state index in [9.17, 15) is 8.78 Å². The lowest BCUT2D eigenvalue weighted by molar-refractivity contribution is 0.617. The molecule has 1 aromatic heterocycles. The molecule has 0 N–H and O–H groups in total. The van der Waals surface area contributed by atoms with Gasteiger partial charge < -0.3 is 0 Å². The summed E-state index contributed by atoms with van der Waals surface area (Å²) in [5.41, 5.74) is 0. The summed E-state index contributed by atoms with van der Waals surface area (Å²) >= 11 is 1.93. The Labute approximate surface area is 86.9 Å². The quantitative estimate of drug-likeness (QED) is 0.680. The van der Waals surface area contributed by atoms with Gasteiger partial charge >= 0.3 is 0 Å². The van der Waals surface area contributed by atoms with E-state index in [1.165, 1.54) is 12.4 Å². The van der Waals surface area contributed by atoms with Crippen LogP contribution in [0.15, 0.2) is 24.5 Å². The Hall–Kier alpha value is -0.780. The van der Waals surface area contributed by atoms with Crippen LogP contribution in [0.5, 0.6) is 0 Å². The van der Waals surface area contributed by atoms with Crippen LogP contribution in [0.25, 0.3) is 10.8 Å². The van der Waals surface area contributed by atoms with Crippen LogP contribution in [-0.4, -0.2) is 4.98 Å². The lowest BCUT2D eigenvalue weighted by Gasteiger charge is -2.01. The van der Waals surface area contributed by atoms with Gasteiger partial charge in [-0.1, -0.05) is 0 Å². The molecule has 2 aromatic rings. The zero-order chi connectivity index (χ0) is 9.42. The summed E-state index contributed by atoms with van der Waals surface area (Å²) in [4.78, 5) is 3.80. The van der Waals surface area contributed by atoms with Crippen LogP contribution in [0.2, 0.25) is 0 Å². The zero-order valence-electron chi connectivity index (χ0n) is 6.39. The Morgan fingerprint density at radius 2 is 1.77 bits per heavy atom. The van der Waals surface area contributed by atoms with Gasteiger partial charge in [0.2, 0.25) is 0 Å². The minimum atomic E-state index is -0.442. The van der Waals surface area contributed by atoms with E-state index in [0.717, 1.165) is 12.1 Å². The van der Waals surface area contributed by atoms with E-state index in [0.29, 0.717) is 8.96 Å². The SMILES string of the molecule is Fc1ccc(F)c2c(I)cncc12. The normalized spacial score (nSPS) is 10.7. The molecule has 0 atom stereocenters. The lowest BCUT2D eigenvalue weighted by Crippen LogP contribution is -1.88. The third-order valence-corrected chi connectivity index (χ3v) is 2.59. The molecule has 0 fully saturated rings. The van der Waals surface area contributed by atoms with Crippen LogP contribution < -0.4 is 0 Å². The first-order valence-corrected chi connectivity index (χ1v) is 4.65. The van der Waals surface area contributed by atoms with E-state index in [4.69, 9.17) is 0 Å². The summed E-state index contributed by atoms with van der Waals surface area (Å²) < 4.78 is 27.0. The van der Waals surface area contributed by atoms with E-state index in [1.54, 1.807) is 0 Å². The molecule has 0 spiro atoms. The number of hydrogen-bond acceptors (Lipinski definition) is 1. The van der Waals surface area contributed by atoms with Gasteiger partial charge in [0.1, 0.15) is 11.6 Å². The molecule has 0 unspecified atom stereocenters. The highest BCUT2D eigenvalue weighted by Gasteiger charge is 2.08. The van der Waals surface area contributed by atoms with Gasteiger partial charge in [-0.15, -0.1) is 0 Å². The number of aromatic nitrogens is 1. The maximum atomic E-state index is 13.2. The van der Waals surface area contributed by atoms with Gasteiger partial charge in [-0.2, -0.15) is 0 Å². The van der Waals surface area contributed by atoms with Crippen LogP contribution in [0, 0.1) is 15.2 Å². The van der Waals surface area contributed by atoms with Crippen LogP contribution >= 0.6 is 22.6 Å². The van der Waals surface area contributed by atoms with Gasteiger partial charge in [-0.3, -0.25) is 4.98 Å². The Morgan fingerprint density at radius 3 is 2.46 bits per heavy atom. The van der Waals surface area contributed by atoms with Gasteiger partial charge in [0, 0.05) is 26.7 Å². The number of fused-ring (bicyclic) bond motifs is 1. The van der Waals surface area contributed by atoms with Crippen molar-refractivity contribution in [1.29, 1.82) is 0 Å². The van der Waals surface area contributed by atoms with Crippen molar-refractivity contribution in [1.82, 2.24) is 4.98 Å². The molecule has 4 heteroatoms. The predicted molar refractivity (Wildman–Crippen MR) is 54.4 cm³/mol. The molecule has 0 aliphatic carbocycles. The van der Waals surface area contributed by atoms with Crippen molar-refractivity contribution in [2.24, 2.45) is 0 Å². The van der Waals surface area contributed by atoms with Crippen molar-refractivity contribution < 1.29 is 8.78 Å². The van der Waals surface area contributed by atoms with Crippen molar-refractivity contribution >= 4 is 33.4 Å². The van der Waals surface area contributed by atoms with E-state index in [1.807, 2.05) is 22.6 Å². The van der Waals surface area contributed by atoms with Crippen molar-refractivity contribution in [2.75, 3.05) is 0 Å². The molecule has 0 bridgehead atoms. The molecule has 66 valence electrons. The molecule has 0 radical (unpaired) electrons. The molecule has 0 aliphatic heterocycles. The first-order chi connectivity index (χ1) is 6.20. The van der Waals surface area contributed by atoms with Gasteiger partial charge in [-0.05, 0) is 34.7 Å². The van der Waals surface area contributed by atoms with Crippen molar-refractivity contribution in [3.05, 3.63) is 39.7 Å². The summed E-state index contributed by atoms with van der Waals surface area (Å²) in [6.45, 7) is 0. The first kappa shape index (κ1) is 8.80. The van der Waals surface area contributed by atoms with E-state index in [-0.39, 0.29) is 5.39 Å². The van der Waals surface area contributed by atoms with Crippen LogP contribution in [-0.2, 0) is 0 Å². The highest BCUT2D eigenvalue weighted by molar-refractivity contribution is 14.1. The fourth-order valence-electron chi connectivity index (χ4n) is 1.18. The third-order valence-electron chi connectivity index (χ3n) is 1.77. The second kappa shape index (κ2) is 3.17. The second-order valence-corrected chi connectivity index (χ2v) is 3.74. The molecule has 2 rings (SSSR count). The smallest absolute Gasteiger partial charge is 0.132 e. The average Bonchev–Trinajstić information content (AvgIpc) is 2.12. The Kier molecular flexibility index (Phi) is 2.15. The summed E-state index contributed by atoms with van der Waals surface area (Å²) in [6.07, 6.45) is 2.83. The molecular formula is C9H4F2IN. The maximum Gasteiger partial charge on any atom is 0.132 e. The highest BCUT2D eigenvalue weighted by atomic mass is 127.